The van der Waals surface area contributed by atoms with E-state index in [9.17, 15) is 0 Å². The smallest absolute Gasteiger partial charge is 0.133 e. The van der Waals surface area contributed by atoms with Crippen LogP contribution in [-0.2, 0) is 13.7 Å². The van der Waals surface area contributed by atoms with Crippen molar-refractivity contribution in [1.82, 2.24) is 9.78 Å². The first kappa shape index (κ1) is 12.8. The molecule has 0 spiro atoms. The Morgan fingerprint density at radius 1 is 1.25 bits per heavy atom. The molecule has 0 unspecified atom stereocenters. The molecule has 0 aliphatic heterocycles. The molecule has 0 aliphatic rings. The highest BCUT2D eigenvalue weighted by atomic mass is 35.5. The molecular formula is C15H14ClN3O. The number of aryl methyl sites for hydroxylation is 1. The molecule has 2 N–H and O–H groups in total. The minimum atomic E-state index is 0.390. The number of nitrogen functional groups attached to an aromatic ring is 1. The van der Waals surface area contributed by atoms with Gasteiger partial charge in [0.1, 0.15) is 18.1 Å². The summed E-state index contributed by atoms with van der Waals surface area (Å²) in [6.07, 6.45) is 0. The molecular weight excluding hydrogens is 274 g/mol. The fraction of sp³-hybridized carbons (Fsp3) is 0.133. The molecule has 0 fully saturated rings. The van der Waals surface area contributed by atoms with Crippen LogP contribution >= 0.6 is 11.6 Å². The van der Waals surface area contributed by atoms with E-state index in [0.29, 0.717) is 23.1 Å². The minimum Gasteiger partial charge on any atom is -0.487 e. The van der Waals surface area contributed by atoms with E-state index in [0.717, 1.165) is 16.6 Å². The third-order valence-electron chi connectivity index (χ3n) is 3.18. The van der Waals surface area contributed by atoms with Gasteiger partial charge in [-0.15, -0.1) is 0 Å². The zero-order valence-electron chi connectivity index (χ0n) is 11.0. The number of anilines is 1. The summed E-state index contributed by atoms with van der Waals surface area (Å²) in [5.41, 5.74) is 8.20. The summed E-state index contributed by atoms with van der Waals surface area (Å²) in [6.45, 7) is 0.390. The predicted octanol–water partition coefficient (Wildman–Crippen LogP) is 3.39. The summed E-state index contributed by atoms with van der Waals surface area (Å²) in [5.74, 6) is 0.680. The second kappa shape index (κ2) is 5.06. The van der Waals surface area contributed by atoms with E-state index in [2.05, 4.69) is 5.10 Å². The summed E-state index contributed by atoms with van der Waals surface area (Å²) >= 11 is 5.97. The van der Waals surface area contributed by atoms with Gasteiger partial charge in [0.15, 0.2) is 0 Å². The van der Waals surface area contributed by atoms with Crippen molar-refractivity contribution in [3.05, 3.63) is 53.2 Å². The number of hydrogen-bond donors (Lipinski definition) is 1. The predicted molar refractivity (Wildman–Crippen MR) is 80.9 cm³/mol. The number of para-hydroxylation sites is 1. The van der Waals surface area contributed by atoms with Gasteiger partial charge < -0.3 is 10.5 Å². The van der Waals surface area contributed by atoms with E-state index >= 15 is 0 Å². The SMILES string of the molecule is Cn1nc(COc2ccc(N)c(Cl)c2)c2ccccc21. The third-order valence-corrected chi connectivity index (χ3v) is 3.51. The maximum Gasteiger partial charge on any atom is 0.133 e. The topological polar surface area (TPSA) is 53.1 Å². The van der Waals surface area contributed by atoms with Crippen LogP contribution in [0.2, 0.25) is 5.02 Å². The maximum absolute atomic E-state index is 5.97. The number of nitrogens with zero attached hydrogens (tertiary/aromatic N) is 2. The van der Waals surface area contributed by atoms with Crippen LogP contribution in [-0.4, -0.2) is 9.78 Å². The number of benzene rings is 2. The minimum absolute atomic E-state index is 0.390. The van der Waals surface area contributed by atoms with Crippen molar-refractivity contribution >= 4 is 28.2 Å². The quantitative estimate of drug-likeness (QED) is 0.751. The van der Waals surface area contributed by atoms with Gasteiger partial charge >= 0.3 is 0 Å². The molecule has 0 bridgehead atoms. The first-order valence-electron chi connectivity index (χ1n) is 6.23. The Hall–Kier alpha value is -2.20. The number of nitrogens with two attached hydrogens (primary N) is 1. The van der Waals surface area contributed by atoms with Crippen molar-refractivity contribution in [2.75, 3.05) is 5.73 Å². The summed E-state index contributed by atoms with van der Waals surface area (Å²) < 4.78 is 7.58. The van der Waals surface area contributed by atoms with E-state index in [4.69, 9.17) is 22.1 Å². The van der Waals surface area contributed by atoms with Crippen molar-refractivity contribution in [3.63, 3.8) is 0 Å². The number of halogens is 1. The maximum atomic E-state index is 5.97. The van der Waals surface area contributed by atoms with Gasteiger partial charge in [0.2, 0.25) is 0 Å². The highest BCUT2D eigenvalue weighted by Crippen LogP contribution is 2.25. The van der Waals surface area contributed by atoms with Crippen molar-refractivity contribution in [3.8, 4) is 5.75 Å². The Kier molecular flexibility index (Phi) is 3.24. The van der Waals surface area contributed by atoms with E-state index in [1.807, 2.05) is 36.0 Å². The van der Waals surface area contributed by atoms with Crippen LogP contribution in [0, 0.1) is 0 Å². The Morgan fingerprint density at radius 2 is 2.05 bits per heavy atom. The van der Waals surface area contributed by atoms with E-state index < -0.39 is 0 Å². The molecule has 0 saturated heterocycles. The van der Waals surface area contributed by atoms with Crippen LogP contribution in [0.1, 0.15) is 5.69 Å². The molecule has 20 heavy (non-hydrogen) atoms. The monoisotopic (exact) mass is 287 g/mol. The van der Waals surface area contributed by atoms with Crippen LogP contribution in [0.3, 0.4) is 0 Å². The van der Waals surface area contributed by atoms with Crippen LogP contribution in [0.15, 0.2) is 42.5 Å². The average Bonchev–Trinajstić information content (AvgIpc) is 2.78. The van der Waals surface area contributed by atoms with Gasteiger partial charge in [0.05, 0.1) is 16.2 Å². The molecule has 1 heterocycles. The summed E-state index contributed by atoms with van der Waals surface area (Å²) in [5, 5.41) is 6.07. The zero-order chi connectivity index (χ0) is 14.1. The Morgan fingerprint density at radius 3 is 2.85 bits per heavy atom. The average molecular weight is 288 g/mol. The summed E-state index contributed by atoms with van der Waals surface area (Å²) in [7, 11) is 1.92. The number of aromatic nitrogens is 2. The number of fused-ring (bicyclic) bond motifs is 1. The number of hydrogen-bond acceptors (Lipinski definition) is 3. The molecule has 3 rings (SSSR count). The molecule has 5 heteroatoms. The van der Waals surface area contributed by atoms with Gasteiger partial charge in [0.25, 0.3) is 0 Å². The second-order valence-corrected chi connectivity index (χ2v) is 4.97. The molecule has 0 atom stereocenters. The van der Waals surface area contributed by atoms with Gasteiger partial charge in [-0.25, -0.2) is 0 Å². The largest absolute Gasteiger partial charge is 0.487 e. The highest BCUT2D eigenvalue weighted by Gasteiger charge is 2.08. The molecule has 0 saturated carbocycles. The van der Waals surface area contributed by atoms with E-state index in [1.165, 1.54) is 0 Å². The van der Waals surface area contributed by atoms with Gasteiger partial charge in [-0.1, -0.05) is 29.8 Å². The van der Waals surface area contributed by atoms with Crippen molar-refractivity contribution in [1.29, 1.82) is 0 Å². The zero-order valence-corrected chi connectivity index (χ0v) is 11.8. The lowest BCUT2D eigenvalue weighted by atomic mass is 10.2. The van der Waals surface area contributed by atoms with E-state index in [1.54, 1.807) is 18.2 Å². The Bertz CT molecular complexity index is 767. The molecule has 102 valence electrons. The second-order valence-electron chi connectivity index (χ2n) is 4.56. The van der Waals surface area contributed by atoms with E-state index in [-0.39, 0.29) is 0 Å². The molecule has 4 nitrogen and oxygen atoms in total. The molecule has 0 aliphatic carbocycles. The van der Waals surface area contributed by atoms with Gasteiger partial charge in [-0.05, 0) is 18.2 Å². The fourth-order valence-electron chi connectivity index (χ4n) is 2.14. The summed E-state index contributed by atoms with van der Waals surface area (Å²) in [6, 6.07) is 13.3. The lowest BCUT2D eigenvalue weighted by Gasteiger charge is -2.06. The Labute approximate surface area is 121 Å². The van der Waals surface area contributed by atoms with Crippen LogP contribution in [0.5, 0.6) is 5.75 Å². The molecule has 2 aromatic carbocycles. The van der Waals surface area contributed by atoms with Crippen LogP contribution < -0.4 is 10.5 Å². The van der Waals surface area contributed by atoms with Gasteiger partial charge in [-0.2, -0.15) is 5.10 Å². The third kappa shape index (κ3) is 2.30. The van der Waals surface area contributed by atoms with Crippen LogP contribution in [0.4, 0.5) is 5.69 Å². The number of rotatable bonds is 3. The van der Waals surface area contributed by atoms with Crippen LogP contribution in [0.25, 0.3) is 10.9 Å². The van der Waals surface area contributed by atoms with Crippen molar-refractivity contribution in [2.24, 2.45) is 7.05 Å². The lowest BCUT2D eigenvalue weighted by molar-refractivity contribution is 0.301. The Balaban J connectivity index is 1.85. The molecule has 0 radical (unpaired) electrons. The standard InChI is InChI=1S/C15H14ClN3O/c1-19-15-5-3-2-4-11(15)14(18-19)9-20-10-6-7-13(17)12(16)8-10/h2-8H,9,17H2,1H3. The normalized spacial score (nSPS) is 10.9. The van der Waals surface area contributed by atoms with Crippen molar-refractivity contribution < 1.29 is 4.74 Å². The highest BCUT2D eigenvalue weighted by molar-refractivity contribution is 6.33. The first-order chi connectivity index (χ1) is 9.65. The molecule has 3 aromatic rings. The lowest BCUT2D eigenvalue weighted by Crippen LogP contribution is -1.98. The molecule has 1 aromatic heterocycles. The first-order valence-corrected chi connectivity index (χ1v) is 6.61. The number of ether oxygens (including phenoxy) is 1. The van der Waals surface area contributed by atoms with Crippen molar-refractivity contribution in [2.45, 2.75) is 6.61 Å². The molecule has 0 amide bonds. The fourth-order valence-corrected chi connectivity index (χ4v) is 2.32. The van der Waals surface area contributed by atoms with Gasteiger partial charge in [-0.3, -0.25) is 4.68 Å². The van der Waals surface area contributed by atoms with Gasteiger partial charge in [0, 0.05) is 18.5 Å². The summed E-state index contributed by atoms with van der Waals surface area (Å²) in [4.78, 5) is 0.